The summed E-state index contributed by atoms with van der Waals surface area (Å²) in [5.41, 5.74) is 2.67. The van der Waals surface area contributed by atoms with E-state index in [1.807, 2.05) is 5.57 Å². The first-order valence-corrected chi connectivity index (χ1v) is 13.9. The van der Waals surface area contributed by atoms with E-state index in [1.54, 1.807) is 6.92 Å². The third-order valence-electron chi connectivity index (χ3n) is 11.3. The van der Waals surface area contributed by atoms with Gasteiger partial charge in [-0.3, -0.25) is 4.79 Å². The lowest BCUT2D eigenvalue weighted by molar-refractivity contribution is -0.151. The Morgan fingerprint density at radius 2 is 1.81 bits per heavy atom. The summed E-state index contributed by atoms with van der Waals surface area (Å²) in [6, 6.07) is 0. The smallest absolute Gasteiger partial charge is 0.302 e. The zero-order valence-corrected chi connectivity index (χ0v) is 22.1. The number of carbonyl (C=O) groups is 1. The number of esters is 1. The van der Waals surface area contributed by atoms with Crippen LogP contribution in [0.2, 0.25) is 0 Å². The van der Waals surface area contributed by atoms with E-state index < -0.39 is 0 Å². The van der Waals surface area contributed by atoms with Crippen molar-refractivity contribution in [3.63, 3.8) is 0 Å². The van der Waals surface area contributed by atoms with E-state index in [9.17, 15) is 4.79 Å². The molecule has 0 aromatic heterocycles. The van der Waals surface area contributed by atoms with Gasteiger partial charge in [0.2, 0.25) is 0 Å². The molecule has 4 aliphatic carbocycles. The molecule has 0 aliphatic heterocycles. The fourth-order valence-electron chi connectivity index (χ4n) is 8.86. The molecule has 9 atom stereocenters. The van der Waals surface area contributed by atoms with E-state index in [0.717, 1.165) is 48.3 Å². The molecule has 2 nitrogen and oxygen atoms in total. The first-order valence-electron chi connectivity index (χ1n) is 13.9. The lowest BCUT2D eigenvalue weighted by Crippen LogP contribution is -2.49. The molecule has 0 amide bonds. The normalized spacial score (nSPS) is 43.0. The second-order valence-electron chi connectivity index (χ2n) is 13.2. The van der Waals surface area contributed by atoms with Crippen LogP contribution in [0, 0.1) is 52.3 Å². The molecule has 0 radical (unpaired) electrons. The number of ether oxygens (including phenoxy) is 1. The van der Waals surface area contributed by atoms with Gasteiger partial charge in [-0.1, -0.05) is 66.0 Å². The fraction of sp³-hybridized carbons (Fsp3) is 0.900. The summed E-state index contributed by atoms with van der Waals surface area (Å²) in [4.78, 5) is 11.5. The summed E-state index contributed by atoms with van der Waals surface area (Å²) in [5, 5.41) is 0. The molecule has 0 unspecified atom stereocenters. The Hall–Kier alpha value is -0.790. The average Bonchev–Trinajstić information content (AvgIpc) is 3.08. The Labute approximate surface area is 198 Å². The SMILES string of the molecule is CC(=O)O[C@@H]1CC[C@]2(C)C3=CC[C@@]4(C)[C@@H]([C@H](C)CC[C@H](C)C(C)C)CC[C@@H]4[C@H]3CC[C@H]2C1. The van der Waals surface area contributed by atoms with E-state index in [1.165, 1.54) is 51.4 Å². The summed E-state index contributed by atoms with van der Waals surface area (Å²) in [6.07, 6.45) is 15.9. The molecule has 3 fully saturated rings. The summed E-state index contributed by atoms with van der Waals surface area (Å²) in [6.45, 7) is 16.6. The van der Waals surface area contributed by atoms with Gasteiger partial charge < -0.3 is 4.74 Å². The van der Waals surface area contributed by atoms with Crippen molar-refractivity contribution in [3.05, 3.63) is 11.6 Å². The van der Waals surface area contributed by atoms with Crippen LogP contribution in [0.15, 0.2) is 11.6 Å². The zero-order chi connectivity index (χ0) is 23.3. The standard InChI is InChI=1S/C30H50O2/c1-19(2)20(3)8-9-21(4)26-12-13-27-25-11-10-23-18-24(32-22(5)31)14-16-29(23,6)28(25)15-17-30(26,27)7/h15,19-21,23-27H,8-14,16-18H2,1-7H3/t20-,21+,23-,24+,25+,26+,27+,29-,30-/m0/s1. The number of rotatable bonds is 6. The van der Waals surface area contributed by atoms with Gasteiger partial charge in [0.15, 0.2) is 0 Å². The van der Waals surface area contributed by atoms with Crippen molar-refractivity contribution < 1.29 is 9.53 Å². The molecule has 0 N–H and O–H groups in total. The third kappa shape index (κ3) is 4.22. The molecule has 182 valence electrons. The van der Waals surface area contributed by atoms with Gasteiger partial charge in [0.1, 0.15) is 6.10 Å². The number of fused-ring (bicyclic) bond motifs is 5. The van der Waals surface area contributed by atoms with Gasteiger partial charge >= 0.3 is 5.97 Å². The Kier molecular flexibility index (Phi) is 6.92. The number of hydrogen-bond acceptors (Lipinski definition) is 2. The molecule has 4 aliphatic rings. The quantitative estimate of drug-likeness (QED) is 0.306. The van der Waals surface area contributed by atoms with Crippen LogP contribution in [0.1, 0.15) is 113 Å². The van der Waals surface area contributed by atoms with Crippen molar-refractivity contribution in [1.29, 1.82) is 0 Å². The van der Waals surface area contributed by atoms with Crippen LogP contribution >= 0.6 is 0 Å². The highest BCUT2D eigenvalue weighted by molar-refractivity contribution is 5.66. The van der Waals surface area contributed by atoms with E-state index in [0.29, 0.717) is 16.7 Å². The molecule has 0 aromatic carbocycles. The van der Waals surface area contributed by atoms with Crippen molar-refractivity contribution in [3.8, 4) is 0 Å². The van der Waals surface area contributed by atoms with Crippen LogP contribution < -0.4 is 0 Å². The maximum absolute atomic E-state index is 11.5. The minimum atomic E-state index is -0.103. The second kappa shape index (κ2) is 9.10. The van der Waals surface area contributed by atoms with E-state index in [-0.39, 0.29) is 12.1 Å². The molecule has 0 heterocycles. The molecule has 32 heavy (non-hydrogen) atoms. The number of allylic oxidation sites excluding steroid dienone is 2. The molecular formula is C30H50O2. The first-order chi connectivity index (χ1) is 15.1. The lowest BCUT2D eigenvalue weighted by Gasteiger charge is -2.57. The van der Waals surface area contributed by atoms with Crippen LogP contribution in [0.5, 0.6) is 0 Å². The second-order valence-corrected chi connectivity index (χ2v) is 13.2. The number of hydrogen-bond donors (Lipinski definition) is 0. The minimum Gasteiger partial charge on any atom is -0.463 e. The van der Waals surface area contributed by atoms with Crippen LogP contribution in [0.4, 0.5) is 0 Å². The summed E-state index contributed by atoms with van der Waals surface area (Å²) in [5.74, 6) is 5.70. The Bertz CT molecular complexity index is 722. The molecule has 0 spiro atoms. The highest BCUT2D eigenvalue weighted by Gasteiger charge is 2.57. The van der Waals surface area contributed by atoms with Gasteiger partial charge in [0.05, 0.1) is 0 Å². The highest BCUT2D eigenvalue weighted by Crippen LogP contribution is 2.66. The van der Waals surface area contributed by atoms with Crippen molar-refractivity contribution in [2.24, 2.45) is 52.3 Å². The van der Waals surface area contributed by atoms with Crippen molar-refractivity contribution in [2.75, 3.05) is 0 Å². The first kappa shape index (κ1) is 24.3. The molecule has 3 saturated carbocycles. The highest BCUT2D eigenvalue weighted by atomic mass is 16.5. The van der Waals surface area contributed by atoms with Crippen LogP contribution in [-0.4, -0.2) is 12.1 Å². The van der Waals surface area contributed by atoms with E-state index in [2.05, 4.69) is 47.6 Å². The Morgan fingerprint density at radius 1 is 1.06 bits per heavy atom. The Balaban J connectivity index is 1.48. The van der Waals surface area contributed by atoms with Crippen LogP contribution in [0.25, 0.3) is 0 Å². The third-order valence-corrected chi connectivity index (χ3v) is 11.3. The maximum atomic E-state index is 11.5. The van der Waals surface area contributed by atoms with Crippen LogP contribution in [0.3, 0.4) is 0 Å². The molecule has 0 bridgehead atoms. The lowest BCUT2D eigenvalue weighted by atomic mass is 9.48. The van der Waals surface area contributed by atoms with Gasteiger partial charge in [-0.15, -0.1) is 0 Å². The fourth-order valence-corrected chi connectivity index (χ4v) is 8.86. The van der Waals surface area contributed by atoms with Crippen LogP contribution in [-0.2, 0) is 9.53 Å². The van der Waals surface area contributed by atoms with Crippen molar-refractivity contribution in [1.82, 2.24) is 0 Å². The van der Waals surface area contributed by atoms with Gasteiger partial charge in [0, 0.05) is 6.92 Å². The van der Waals surface area contributed by atoms with Gasteiger partial charge in [-0.25, -0.2) is 0 Å². The van der Waals surface area contributed by atoms with Gasteiger partial charge in [-0.05, 0) is 104 Å². The van der Waals surface area contributed by atoms with Crippen molar-refractivity contribution in [2.45, 2.75) is 119 Å². The van der Waals surface area contributed by atoms with Gasteiger partial charge in [-0.2, -0.15) is 0 Å². The molecule has 4 rings (SSSR count). The largest absolute Gasteiger partial charge is 0.463 e. The maximum Gasteiger partial charge on any atom is 0.302 e. The molecule has 0 aromatic rings. The predicted octanol–water partition coefficient (Wildman–Crippen LogP) is 8.21. The predicted molar refractivity (Wildman–Crippen MR) is 133 cm³/mol. The number of carbonyl (C=O) groups excluding carboxylic acids is 1. The van der Waals surface area contributed by atoms with Gasteiger partial charge in [0.25, 0.3) is 0 Å². The molecule has 2 heteroatoms. The van der Waals surface area contributed by atoms with Crippen molar-refractivity contribution >= 4 is 5.97 Å². The zero-order valence-electron chi connectivity index (χ0n) is 22.1. The topological polar surface area (TPSA) is 26.3 Å². The Morgan fingerprint density at radius 3 is 2.50 bits per heavy atom. The summed E-state index contributed by atoms with van der Waals surface area (Å²) >= 11 is 0. The molecular weight excluding hydrogens is 392 g/mol. The van der Waals surface area contributed by atoms with E-state index >= 15 is 0 Å². The monoisotopic (exact) mass is 442 g/mol. The van der Waals surface area contributed by atoms with E-state index in [4.69, 9.17) is 4.74 Å². The average molecular weight is 443 g/mol. The summed E-state index contributed by atoms with van der Waals surface area (Å²) in [7, 11) is 0. The molecule has 0 saturated heterocycles. The summed E-state index contributed by atoms with van der Waals surface area (Å²) < 4.78 is 5.64. The minimum absolute atomic E-state index is 0.103.